The van der Waals surface area contributed by atoms with Crippen molar-refractivity contribution in [3.8, 4) is 0 Å². The summed E-state index contributed by atoms with van der Waals surface area (Å²) in [4.78, 5) is 4.11. The Morgan fingerprint density at radius 1 is 1.47 bits per heavy atom. The van der Waals surface area contributed by atoms with Crippen LogP contribution < -0.4 is 5.73 Å². The largest absolute Gasteiger partial charge is 0.381 e. The molecule has 0 unspecified atom stereocenters. The molecule has 2 N–H and O–H groups in total. The van der Waals surface area contributed by atoms with Crippen molar-refractivity contribution < 1.29 is 0 Å². The predicted octanol–water partition coefficient (Wildman–Crippen LogP) is 0.515. The molecule has 0 amide bonds. The van der Waals surface area contributed by atoms with Crippen molar-refractivity contribution in [3.05, 3.63) is 24.4 Å². The van der Waals surface area contributed by atoms with Gasteiger partial charge in [0.15, 0.2) is 5.82 Å². The van der Waals surface area contributed by atoms with Gasteiger partial charge in [-0.05, 0) is 6.42 Å². The van der Waals surface area contributed by atoms with Crippen LogP contribution >= 0.6 is 0 Å². The first-order valence-corrected chi connectivity index (χ1v) is 4.94. The number of imidazole rings is 1. The number of aryl methyl sites for hydroxylation is 1. The van der Waals surface area contributed by atoms with E-state index in [1.54, 1.807) is 10.9 Å². The van der Waals surface area contributed by atoms with Gasteiger partial charge in [-0.15, -0.1) is 5.10 Å². The van der Waals surface area contributed by atoms with Gasteiger partial charge in [0.2, 0.25) is 0 Å². The summed E-state index contributed by atoms with van der Waals surface area (Å²) < 4.78 is 3.82. The average molecular weight is 206 g/mol. The van der Waals surface area contributed by atoms with Crippen LogP contribution in [-0.2, 0) is 13.1 Å². The van der Waals surface area contributed by atoms with Crippen molar-refractivity contribution in [2.75, 3.05) is 5.73 Å². The number of rotatable bonds is 4. The van der Waals surface area contributed by atoms with E-state index in [-0.39, 0.29) is 0 Å². The smallest absolute Gasteiger partial charge is 0.165 e. The second-order valence-corrected chi connectivity index (χ2v) is 3.42. The molecule has 0 spiro atoms. The highest BCUT2D eigenvalue weighted by atomic mass is 15.4. The summed E-state index contributed by atoms with van der Waals surface area (Å²) in [6.45, 7) is 3.76. The summed E-state index contributed by atoms with van der Waals surface area (Å²) in [5.74, 6) is 0.441. The molecule has 2 rings (SSSR count). The van der Waals surface area contributed by atoms with Gasteiger partial charge in [-0.2, -0.15) is 0 Å². The summed E-state index contributed by atoms with van der Waals surface area (Å²) in [5, 5.41) is 7.63. The maximum Gasteiger partial charge on any atom is 0.165 e. The first kappa shape index (κ1) is 9.70. The molecule has 2 aromatic rings. The molecule has 0 radical (unpaired) electrons. The molecule has 0 fully saturated rings. The Morgan fingerprint density at radius 3 is 3.00 bits per heavy atom. The molecule has 0 bridgehead atoms. The summed E-state index contributed by atoms with van der Waals surface area (Å²) in [7, 11) is 0. The van der Waals surface area contributed by atoms with E-state index in [1.165, 1.54) is 0 Å². The number of anilines is 1. The Hall–Kier alpha value is -1.85. The van der Waals surface area contributed by atoms with Gasteiger partial charge < -0.3 is 10.3 Å². The molecule has 15 heavy (non-hydrogen) atoms. The monoisotopic (exact) mass is 206 g/mol. The number of nitrogen functional groups attached to an aromatic ring is 1. The first-order valence-electron chi connectivity index (χ1n) is 4.94. The fourth-order valence-corrected chi connectivity index (χ4v) is 1.48. The van der Waals surface area contributed by atoms with Crippen molar-refractivity contribution in [1.82, 2.24) is 24.5 Å². The third-order valence-electron chi connectivity index (χ3n) is 2.14. The SMILES string of the molecule is CCCn1cncc1Cn1cc(N)nn1. The van der Waals surface area contributed by atoms with Crippen LogP contribution in [0.3, 0.4) is 0 Å². The molecule has 0 saturated heterocycles. The molecular weight excluding hydrogens is 192 g/mol. The van der Waals surface area contributed by atoms with Crippen LogP contribution in [-0.4, -0.2) is 24.5 Å². The lowest BCUT2D eigenvalue weighted by Gasteiger charge is -2.05. The van der Waals surface area contributed by atoms with E-state index in [4.69, 9.17) is 5.73 Å². The van der Waals surface area contributed by atoms with E-state index in [1.807, 2.05) is 12.5 Å². The topological polar surface area (TPSA) is 74.5 Å². The fraction of sp³-hybridized carbons (Fsp3) is 0.444. The normalized spacial score (nSPS) is 10.7. The molecule has 0 saturated carbocycles. The van der Waals surface area contributed by atoms with Crippen LogP contribution in [0.1, 0.15) is 19.0 Å². The van der Waals surface area contributed by atoms with Crippen molar-refractivity contribution in [1.29, 1.82) is 0 Å². The molecule has 2 aromatic heterocycles. The van der Waals surface area contributed by atoms with Gasteiger partial charge in [-0.3, -0.25) is 0 Å². The van der Waals surface area contributed by atoms with Gasteiger partial charge in [0, 0.05) is 6.54 Å². The highest BCUT2D eigenvalue weighted by molar-refractivity contribution is 5.20. The van der Waals surface area contributed by atoms with Crippen LogP contribution in [0.5, 0.6) is 0 Å². The Bertz CT molecular complexity index is 429. The highest BCUT2D eigenvalue weighted by Gasteiger charge is 2.03. The van der Waals surface area contributed by atoms with Gasteiger partial charge in [0.25, 0.3) is 0 Å². The zero-order chi connectivity index (χ0) is 10.7. The first-order chi connectivity index (χ1) is 7.29. The number of nitrogens with two attached hydrogens (primary N) is 1. The number of hydrogen-bond acceptors (Lipinski definition) is 4. The molecule has 0 aliphatic carbocycles. The fourth-order valence-electron chi connectivity index (χ4n) is 1.48. The second kappa shape index (κ2) is 4.12. The van der Waals surface area contributed by atoms with Gasteiger partial charge >= 0.3 is 0 Å². The number of aromatic nitrogens is 5. The number of nitrogens with zero attached hydrogens (tertiary/aromatic N) is 5. The van der Waals surface area contributed by atoms with E-state index in [0.717, 1.165) is 18.7 Å². The Labute approximate surface area is 87.7 Å². The molecule has 0 atom stereocenters. The standard InChI is InChI=1S/C9H14N6/c1-2-3-14-7-11-4-8(14)5-15-6-9(10)12-13-15/h4,6-7H,2-3,5,10H2,1H3. The molecule has 2 heterocycles. The predicted molar refractivity (Wildman–Crippen MR) is 56.1 cm³/mol. The average Bonchev–Trinajstić information content (AvgIpc) is 2.78. The summed E-state index contributed by atoms with van der Waals surface area (Å²) in [6, 6.07) is 0. The maximum absolute atomic E-state index is 5.49. The number of hydrogen-bond donors (Lipinski definition) is 1. The molecule has 0 aliphatic heterocycles. The van der Waals surface area contributed by atoms with Crippen molar-refractivity contribution >= 4 is 5.82 Å². The van der Waals surface area contributed by atoms with Gasteiger partial charge in [-0.1, -0.05) is 12.1 Å². The van der Waals surface area contributed by atoms with Crippen LogP contribution in [0.15, 0.2) is 18.7 Å². The van der Waals surface area contributed by atoms with E-state index in [2.05, 4.69) is 26.8 Å². The highest BCUT2D eigenvalue weighted by Crippen LogP contribution is 2.04. The van der Waals surface area contributed by atoms with Crippen molar-refractivity contribution in [2.24, 2.45) is 0 Å². The molecule has 6 nitrogen and oxygen atoms in total. The van der Waals surface area contributed by atoms with Crippen molar-refractivity contribution in [2.45, 2.75) is 26.4 Å². The molecule has 0 aromatic carbocycles. The minimum atomic E-state index is 0.441. The van der Waals surface area contributed by atoms with Crippen molar-refractivity contribution in [3.63, 3.8) is 0 Å². The minimum absolute atomic E-state index is 0.441. The van der Waals surface area contributed by atoms with Gasteiger partial charge in [0.1, 0.15) is 0 Å². The lowest BCUT2D eigenvalue weighted by Crippen LogP contribution is -2.07. The zero-order valence-corrected chi connectivity index (χ0v) is 8.67. The third kappa shape index (κ3) is 2.15. The van der Waals surface area contributed by atoms with E-state index in [9.17, 15) is 0 Å². The third-order valence-corrected chi connectivity index (χ3v) is 2.14. The van der Waals surface area contributed by atoms with Gasteiger partial charge in [0.05, 0.1) is 31.0 Å². The quantitative estimate of drug-likeness (QED) is 0.791. The maximum atomic E-state index is 5.49. The van der Waals surface area contributed by atoms with Crippen LogP contribution in [0.2, 0.25) is 0 Å². The Kier molecular flexibility index (Phi) is 2.66. The summed E-state index contributed by atoms with van der Waals surface area (Å²) >= 11 is 0. The Morgan fingerprint density at radius 2 is 2.33 bits per heavy atom. The van der Waals surface area contributed by atoms with E-state index < -0.39 is 0 Å². The van der Waals surface area contributed by atoms with E-state index in [0.29, 0.717) is 12.4 Å². The molecule has 80 valence electrons. The van der Waals surface area contributed by atoms with Crippen LogP contribution in [0.4, 0.5) is 5.82 Å². The summed E-state index contributed by atoms with van der Waals surface area (Å²) in [5.41, 5.74) is 6.60. The Balaban J connectivity index is 2.13. The summed E-state index contributed by atoms with van der Waals surface area (Å²) in [6.07, 6.45) is 6.47. The lowest BCUT2D eigenvalue weighted by molar-refractivity contribution is 0.583. The molecule has 0 aliphatic rings. The minimum Gasteiger partial charge on any atom is -0.381 e. The van der Waals surface area contributed by atoms with E-state index >= 15 is 0 Å². The molecule has 6 heteroatoms. The lowest BCUT2D eigenvalue weighted by atomic mass is 10.4. The molecular formula is C9H14N6. The van der Waals surface area contributed by atoms with Crippen LogP contribution in [0, 0.1) is 0 Å². The van der Waals surface area contributed by atoms with Crippen LogP contribution in [0.25, 0.3) is 0 Å². The zero-order valence-electron chi connectivity index (χ0n) is 8.67. The second-order valence-electron chi connectivity index (χ2n) is 3.42. The van der Waals surface area contributed by atoms with Gasteiger partial charge in [-0.25, -0.2) is 9.67 Å².